The molecule has 160 valence electrons. The van der Waals surface area contributed by atoms with Crippen LogP contribution in [0.25, 0.3) is 5.70 Å². The van der Waals surface area contributed by atoms with Crippen molar-refractivity contribution in [1.82, 2.24) is 30.3 Å². The molecule has 3 rings (SSSR count). The molecule has 0 aromatic carbocycles. The van der Waals surface area contributed by atoms with E-state index in [-0.39, 0.29) is 11.9 Å². The fourth-order valence-corrected chi connectivity index (χ4v) is 3.45. The number of likely N-dealkylation sites (N-methyl/N-ethyl adjacent to an activating group) is 1. The fourth-order valence-electron chi connectivity index (χ4n) is 2.72. The van der Waals surface area contributed by atoms with Crippen LogP contribution in [0.15, 0.2) is 54.8 Å². The Balaban J connectivity index is 0.000000215. The summed E-state index contributed by atoms with van der Waals surface area (Å²) in [6.45, 7) is 2.74. The van der Waals surface area contributed by atoms with Crippen LogP contribution in [0, 0.1) is 0 Å². The van der Waals surface area contributed by atoms with E-state index >= 15 is 0 Å². The van der Waals surface area contributed by atoms with Crippen molar-refractivity contribution in [2.24, 2.45) is 0 Å². The monoisotopic (exact) mass is 428 g/mol. The topological polar surface area (TPSA) is 92.2 Å². The largest absolute Gasteiger partial charge is 0.391 e. The molecule has 0 bridgehead atoms. The highest BCUT2D eigenvalue weighted by molar-refractivity contribution is 7.15. The van der Waals surface area contributed by atoms with Gasteiger partial charge in [-0.25, -0.2) is 9.67 Å². The molecule has 0 saturated heterocycles. The summed E-state index contributed by atoms with van der Waals surface area (Å²) in [6.07, 6.45) is 13.1. The van der Waals surface area contributed by atoms with Crippen LogP contribution >= 0.6 is 11.3 Å². The van der Waals surface area contributed by atoms with Crippen molar-refractivity contribution in [3.05, 3.63) is 64.5 Å². The third-order valence-corrected chi connectivity index (χ3v) is 5.08. The number of hydrogen-bond acceptors (Lipinski definition) is 7. The predicted molar refractivity (Wildman–Crippen MR) is 120 cm³/mol. The minimum absolute atomic E-state index is 0.0873. The molecule has 9 heteroatoms. The van der Waals surface area contributed by atoms with Crippen LogP contribution in [-0.4, -0.2) is 65.6 Å². The molecule has 0 saturated carbocycles. The Kier molecular flexibility index (Phi) is 9.17. The smallest absolute Gasteiger partial charge is 0.261 e. The number of allylic oxidation sites excluding steroid dienone is 5. The normalized spacial score (nSPS) is 14.0. The fraction of sp³-hybridized carbons (Fsp3) is 0.333. The van der Waals surface area contributed by atoms with Gasteiger partial charge in [-0.05, 0) is 51.4 Å². The summed E-state index contributed by atoms with van der Waals surface area (Å²) in [4.78, 5) is 29.3. The molecule has 2 aromatic heterocycles. The van der Waals surface area contributed by atoms with Crippen LogP contribution < -0.4 is 10.6 Å². The third kappa shape index (κ3) is 7.41. The van der Waals surface area contributed by atoms with Crippen molar-refractivity contribution < 1.29 is 9.59 Å². The molecule has 8 nitrogen and oxygen atoms in total. The van der Waals surface area contributed by atoms with Gasteiger partial charge in [0.2, 0.25) is 0 Å². The van der Waals surface area contributed by atoms with E-state index in [2.05, 4.69) is 32.9 Å². The first kappa shape index (κ1) is 23.2. The van der Waals surface area contributed by atoms with Gasteiger partial charge < -0.3 is 15.5 Å². The maximum absolute atomic E-state index is 11.7. The zero-order valence-electron chi connectivity index (χ0n) is 17.7. The van der Waals surface area contributed by atoms with Gasteiger partial charge >= 0.3 is 0 Å². The van der Waals surface area contributed by atoms with Gasteiger partial charge in [0.25, 0.3) is 5.91 Å². The molecule has 1 aliphatic carbocycles. The van der Waals surface area contributed by atoms with Crippen LogP contribution in [0.1, 0.15) is 32.7 Å². The Hall–Kier alpha value is -3.04. The molecule has 0 fully saturated rings. The van der Waals surface area contributed by atoms with Crippen LogP contribution in [0.3, 0.4) is 0 Å². The van der Waals surface area contributed by atoms with Gasteiger partial charge in [0.1, 0.15) is 12.7 Å². The molecule has 1 atom stereocenters. The molecule has 30 heavy (non-hydrogen) atoms. The van der Waals surface area contributed by atoms with Crippen LogP contribution in [0.2, 0.25) is 0 Å². The van der Waals surface area contributed by atoms with E-state index in [1.165, 1.54) is 23.4 Å². The molecule has 1 unspecified atom stereocenters. The standard InChI is InChI=1S/C11H16N2O2S.C10H12N4/c1-8(6-13(2)3)12-11(15)10-5-4-9(7-14)16-10;1-11-9-3-2-4-10(6-5-9)14-8-12-7-13-14/h4-5,7-8H,6H2,1-3H3,(H,12,15);2,4-8,11H,3H2,1H3. The zero-order valence-corrected chi connectivity index (χ0v) is 18.5. The summed E-state index contributed by atoms with van der Waals surface area (Å²) in [5, 5.41) is 10.1. The molecule has 1 aliphatic rings. The number of aldehydes is 1. The molecular weight excluding hydrogens is 400 g/mol. The van der Waals surface area contributed by atoms with Crippen LogP contribution in [0.4, 0.5) is 0 Å². The third-order valence-electron chi connectivity index (χ3n) is 4.07. The van der Waals surface area contributed by atoms with E-state index in [4.69, 9.17) is 0 Å². The first-order valence-electron chi connectivity index (χ1n) is 9.53. The average molecular weight is 429 g/mol. The summed E-state index contributed by atoms with van der Waals surface area (Å²) in [6, 6.07) is 3.42. The quantitative estimate of drug-likeness (QED) is 0.658. The number of amides is 1. The lowest BCUT2D eigenvalue weighted by atomic mass is 10.3. The zero-order chi connectivity index (χ0) is 21.9. The van der Waals surface area contributed by atoms with Crippen molar-refractivity contribution in [2.45, 2.75) is 19.4 Å². The first-order valence-corrected chi connectivity index (χ1v) is 10.3. The van der Waals surface area contributed by atoms with Gasteiger partial charge in [-0.15, -0.1) is 11.3 Å². The number of carbonyl (C=O) groups is 2. The number of nitrogens with zero attached hydrogens (tertiary/aromatic N) is 4. The van der Waals surface area contributed by atoms with E-state index in [0.717, 1.165) is 24.9 Å². The number of nitrogens with one attached hydrogen (secondary N) is 2. The molecular formula is C21H28N6O2S. The van der Waals surface area contributed by atoms with Gasteiger partial charge in [-0.1, -0.05) is 6.08 Å². The van der Waals surface area contributed by atoms with Gasteiger partial charge in [-0.3, -0.25) is 9.59 Å². The predicted octanol–water partition coefficient (Wildman–Crippen LogP) is 2.42. The molecule has 2 heterocycles. The maximum Gasteiger partial charge on any atom is 0.261 e. The second kappa shape index (κ2) is 11.8. The minimum atomic E-state index is -0.118. The van der Waals surface area contributed by atoms with Crippen molar-refractivity contribution in [2.75, 3.05) is 27.7 Å². The van der Waals surface area contributed by atoms with E-state index in [1.54, 1.807) is 23.1 Å². The van der Waals surface area contributed by atoms with E-state index < -0.39 is 0 Å². The molecule has 0 aliphatic heterocycles. The highest BCUT2D eigenvalue weighted by Gasteiger charge is 2.12. The van der Waals surface area contributed by atoms with Gasteiger partial charge in [0, 0.05) is 31.8 Å². The van der Waals surface area contributed by atoms with Gasteiger partial charge in [0.15, 0.2) is 6.29 Å². The molecule has 1 amide bonds. The number of aromatic nitrogens is 3. The SMILES string of the molecule is CC(CN(C)C)NC(=O)c1ccc(C=O)s1.CNC1=CC=C(n2cncn2)C=CC1. The Morgan fingerprint density at radius 3 is 2.77 bits per heavy atom. The summed E-state index contributed by atoms with van der Waals surface area (Å²) in [7, 11) is 5.84. The minimum Gasteiger partial charge on any atom is -0.391 e. The second-order valence-electron chi connectivity index (χ2n) is 6.94. The molecule has 0 spiro atoms. The molecule has 2 aromatic rings. The number of thiophene rings is 1. The Morgan fingerprint density at radius 1 is 1.37 bits per heavy atom. The van der Waals surface area contributed by atoms with Crippen molar-refractivity contribution >= 4 is 29.2 Å². The second-order valence-corrected chi connectivity index (χ2v) is 8.05. The summed E-state index contributed by atoms with van der Waals surface area (Å²) < 4.78 is 1.74. The molecule has 0 radical (unpaired) electrons. The van der Waals surface area contributed by atoms with Gasteiger partial charge in [0.05, 0.1) is 15.5 Å². The van der Waals surface area contributed by atoms with Crippen molar-refractivity contribution in [3.8, 4) is 0 Å². The molecule has 2 N–H and O–H groups in total. The summed E-state index contributed by atoms with van der Waals surface area (Å²) in [5.41, 5.74) is 2.21. The van der Waals surface area contributed by atoms with E-state index in [9.17, 15) is 9.59 Å². The van der Waals surface area contributed by atoms with Crippen LogP contribution in [-0.2, 0) is 0 Å². The van der Waals surface area contributed by atoms with Crippen LogP contribution in [0.5, 0.6) is 0 Å². The van der Waals surface area contributed by atoms with E-state index in [1.807, 2.05) is 45.1 Å². The Morgan fingerprint density at radius 2 is 2.17 bits per heavy atom. The van der Waals surface area contributed by atoms with Crippen molar-refractivity contribution in [3.63, 3.8) is 0 Å². The lowest BCUT2D eigenvalue weighted by Gasteiger charge is -2.17. The average Bonchev–Trinajstić information content (AvgIpc) is 3.36. The number of hydrogen-bond donors (Lipinski definition) is 2. The summed E-state index contributed by atoms with van der Waals surface area (Å²) in [5.74, 6) is -0.118. The lowest BCUT2D eigenvalue weighted by molar-refractivity contribution is 0.0938. The summed E-state index contributed by atoms with van der Waals surface area (Å²) >= 11 is 1.21. The van der Waals surface area contributed by atoms with E-state index in [0.29, 0.717) is 9.75 Å². The van der Waals surface area contributed by atoms with Gasteiger partial charge in [-0.2, -0.15) is 5.10 Å². The lowest BCUT2D eigenvalue weighted by Crippen LogP contribution is -2.39. The highest BCUT2D eigenvalue weighted by Crippen LogP contribution is 2.14. The first-order chi connectivity index (χ1) is 14.4. The van der Waals surface area contributed by atoms with Crippen molar-refractivity contribution in [1.29, 1.82) is 0 Å². The Labute approximate surface area is 181 Å². The Bertz CT molecular complexity index is 912. The maximum atomic E-state index is 11.7. The highest BCUT2D eigenvalue weighted by atomic mass is 32.1. The number of rotatable bonds is 7. The number of carbonyl (C=O) groups excluding carboxylic acids is 2.